The first-order valence-electron chi connectivity index (χ1n) is 7.69. The van der Waals surface area contributed by atoms with E-state index >= 15 is 0 Å². The van der Waals surface area contributed by atoms with Gasteiger partial charge in [-0.25, -0.2) is 17.6 Å². The van der Waals surface area contributed by atoms with Gasteiger partial charge in [-0.2, -0.15) is 0 Å². The molecule has 0 radical (unpaired) electrons. The quantitative estimate of drug-likeness (QED) is 0.558. The number of aromatic nitrogens is 1. The summed E-state index contributed by atoms with van der Waals surface area (Å²) < 4.78 is 56.6. The lowest BCUT2D eigenvalue weighted by atomic mass is 9.94. The number of hydrogen-bond donors (Lipinski definition) is 1. The molecule has 25 heavy (non-hydrogen) atoms. The third kappa shape index (κ3) is 2.81. The third-order valence-corrected chi connectivity index (χ3v) is 4.09. The van der Waals surface area contributed by atoms with Crippen molar-refractivity contribution < 1.29 is 17.6 Å². The smallest absolute Gasteiger partial charge is 0.169 e. The molecule has 2 heterocycles. The Labute approximate surface area is 142 Å². The van der Waals surface area contributed by atoms with Crippen LogP contribution in [0.15, 0.2) is 34.5 Å². The average Bonchev–Trinajstić information content (AvgIpc) is 3.02. The standard InChI is InChI=1S/C19H16F4N2/c1-8-5-10(3)24-18(8)15(19-9(2)6-11(4)25-19)14-16(22)12(20)7-13(21)17(14)23/h5-7,24H,1-4H3/b19-15-. The van der Waals surface area contributed by atoms with Crippen molar-refractivity contribution in [2.45, 2.75) is 27.7 Å². The Morgan fingerprint density at radius 1 is 0.920 bits per heavy atom. The number of rotatable bonds is 2. The van der Waals surface area contributed by atoms with E-state index in [-0.39, 0.29) is 17.3 Å². The van der Waals surface area contributed by atoms with Crippen LogP contribution in [0.4, 0.5) is 17.6 Å². The van der Waals surface area contributed by atoms with Crippen LogP contribution in [-0.4, -0.2) is 10.7 Å². The van der Waals surface area contributed by atoms with Crippen LogP contribution >= 0.6 is 0 Å². The van der Waals surface area contributed by atoms with Crippen molar-refractivity contribution in [1.82, 2.24) is 4.98 Å². The van der Waals surface area contributed by atoms with E-state index in [0.717, 1.165) is 5.69 Å². The Morgan fingerprint density at radius 2 is 1.52 bits per heavy atom. The van der Waals surface area contributed by atoms with Gasteiger partial charge in [-0.15, -0.1) is 0 Å². The Morgan fingerprint density at radius 3 is 1.96 bits per heavy atom. The largest absolute Gasteiger partial charge is 0.358 e. The minimum Gasteiger partial charge on any atom is -0.358 e. The number of hydrogen-bond acceptors (Lipinski definition) is 1. The molecule has 0 atom stereocenters. The Balaban J connectivity index is 2.47. The SMILES string of the molecule is CC1=CC(C)=N/C1=C(\c1[nH]c(C)cc1C)c1c(F)c(F)cc(F)c1F. The lowest BCUT2D eigenvalue weighted by Crippen LogP contribution is -2.06. The van der Waals surface area contributed by atoms with Gasteiger partial charge >= 0.3 is 0 Å². The van der Waals surface area contributed by atoms with Gasteiger partial charge in [0.2, 0.25) is 0 Å². The number of aliphatic imine (C=N–C) groups is 1. The number of benzene rings is 1. The summed E-state index contributed by atoms with van der Waals surface area (Å²) in [6.45, 7) is 6.99. The third-order valence-electron chi connectivity index (χ3n) is 4.09. The summed E-state index contributed by atoms with van der Waals surface area (Å²) in [5, 5.41) is 0. The highest BCUT2D eigenvalue weighted by atomic mass is 19.2. The predicted molar refractivity (Wildman–Crippen MR) is 89.4 cm³/mol. The molecule has 2 aromatic rings. The molecule has 0 spiro atoms. The number of aryl methyl sites for hydroxylation is 2. The Hall–Kier alpha value is -2.63. The summed E-state index contributed by atoms with van der Waals surface area (Å²) in [4.78, 5) is 7.34. The molecule has 0 bridgehead atoms. The number of nitrogens with one attached hydrogen (secondary N) is 1. The predicted octanol–water partition coefficient (Wildman–Crippen LogP) is 5.37. The zero-order valence-corrected chi connectivity index (χ0v) is 14.2. The second-order valence-electron chi connectivity index (χ2n) is 6.16. The lowest BCUT2D eigenvalue weighted by molar-refractivity contribution is 0.450. The van der Waals surface area contributed by atoms with E-state index in [4.69, 9.17) is 0 Å². The van der Waals surface area contributed by atoms with Crippen molar-refractivity contribution >= 4 is 11.3 Å². The molecular weight excluding hydrogens is 332 g/mol. The second kappa shape index (κ2) is 6.02. The molecule has 3 rings (SSSR count). The van der Waals surface area contributed by atoms with Crippen LogP contribution < -0.4 is 0 Å². The number of aromatic amines is 1. The fourth-order valence-corrected chi connectivity index (χ4v) is 3.07. The highest BCUT2D eigenvalue weighted by Crippen LogP contribution is 2.38. The van der Waals surface area contributed by atoms with Crippen molar-refractivity contribution in [2.75, 3.05) is 0 Å². The molecule has 0 aliphatic carbocycles. The van der Waals surface area contributed by atoms with Gasteiger partial charge in [0.25, 0.3) is 0 Å². The van der Waals surface area contributed by atoms with Crippen LogP contribution in [-0.2, 0) is 0 Å². The fraction of sp³-hybridized carbons (Fsp3) is 0.211. The van der Waals surface area contributed by atoms with Crippen LogP contribution in [0.5, 0.6) is 0 Å². The molecule has 1 aliphatic heterocycles. The van der Waals surface area contributed by atoms with Gasteiger partial charge in [0.1, 0.15) is 0 Å². The minimum absolute atomic E-state index is 0.00426. The number of allylic oxidation sites excluding steroid dienone is 2. The summed E-state index contributed by atoms with van der Waals surface area (Å²) in [7, 11) is 0. The molecular formula is C19H16F4N2. The molecule has 1 aromatic carbocycles. The molecule has 0 amide bonds. The average molecular weight is 348 g/mol. The van der Waals surface area contributed by atoms with Crippen LogP contribution in [0.2, 0.25) is 0 Å². The van der Waals surface area contributed by atoms with Gasteiger partial charge in [0.05, 0.1) is 17.0 Å². The van der Waals surface area contributed by atoms with Crippen molar-refractivity contribution in [3.05, 3.63) is 75.3 Å². The molecule has 2 nitrogen and oxygen atoms in total. The first-order chi connectivity index (χ1) is 11.7. The van der Waals surface area contributed by atoms with Crippen molar-refractivity contribution in [3.63, 3.8) is 0 Å². The topological polar surface area (TPSA) is 28.1 Å². The Bertz CT molecular complexity index is 952. The van der Waals surface area contributed by atoms with E-state index in [1.807, 2.05) is 0 Å². The van der Waals surface area contributed by atoms with Crippen molar-refractivity contribution in [3.8, 4) is 0 Å². The second-order valence-corrected chi connectivity index (χ2v) is 6.16. The normalized spacial score (nSPS) is 16.2. The molecule has 1 N–H and O–H groups in total. The van der Waals surface area contributed by atoms with E-state index in [1.165, 1.54) is 0 Å². The highest BCUT2D eigenvalue weighted by Gasteiger charge is 2.28. The zero-order valence-electron chi connectivity index (χ0n) is 14.2. The van der Waals surface area contributed by atoms with E-state index in [0.29, 0.717) is 22.5 Å². The molecule has 1 aliphatic rings. The molecule has 0 fully saturated rings. The summed E-state index contributed by atoms with van der Waals surface area (Å²) in [5.74, 6) is -5.79. The highest BCUT2D eigenvalue weighted by molar-refractivity contribution is 6.01. The van der Waals surface area contributed by atoms with Crippen molar-refractivity contribution in [1.29, 1.82) is 0 Å². The van der Waals surface area contributed by atoms with Gasteiger partial charge in [-0.1, -0.05) is 0 Å². The molecule has 0 saturated carbocycles. The van der Waals surface area contributed by atoms with E-state index in [9.17, 15) is 17.6 Å². The van der Waals surface area contributed by atoms with E-state index in [1.54, 1.807) is 39.8 Å². The van der Waals surface area contributed by atoms with Gasteiger partial charge < -0.3 is 4.98 Å². The Kier molecular flexibility index (Phi) is 4.14. The first-order valence-corrected chi connectivity index (χ1v) is 7.69. The maximum Gasteiger partial charge on any atom is 0.169 e. The van der Waals surface area contributed by atoms with Gasteiger partial charge in [0.15, 0.2) is 23.3 Å². The van der Waals surface area contributed by atoms with Gasteiger partial charge in [0, 0.05) is 23.0 Å². The summed E-state index contributed by atoms with van der Waals surface area (Å²) in [5.41, 5.74) is 2.64. The van der Waals surface area contributed by atoms with E-state index in [2.05, 4.69) is 9.98 Å². The molecule has 0 unspecified atom stereocenters. The van der Waals surface area contributed by atoms with E-state index < -0.39 is 28.8 Å². The van der Waals surface area contributed by atoms with Crippen LogP contribution in [0.25, 0.3) is 5.57 Å². The summed E-state index contributed by atoms with van der Waals surface area (Å²) in [6.07, 6.45) is 1.74. The number of H-pyrrole nitrogens is 1. The minimum atomic E-state index is -1.45. The fourth-order valence-electron chi connectivity index (χ4n) is 3.07. The lowest BCUT2D eigenvalue weighted by Gasteiger charge is -2.14. The number of nitrogens with zero attached hydrogens (tertiary/aromatic N) is 1. The maximum absolute atomic E-state index is 14.5. The monoisotopic (exact) mass is 348 g/mol. The van der Waals surface area contributed by atoms with Crippen LogP contribution in [0.3, 0.4) is 0 Å². The summed E-state index contributed by atoms with van der Waals surface area (Å²) in [6, 6.07) is 1.99. The molecule has 0 saturated heterocycles. The first kappa shape index (κ1) is 17.2. The van der Waals surface area contributed by atoms with Gasteiger partial charge in [-0.3, -0.25) is 4.99 Å². The van der Waals surface area contributed by atoms with Crippen LogP contribution in [0, 0.1) is 37.1 Å². The zero-order chi connectivity index (χ0) is 18.5. The number of halogens is 4. The molecule has 1 aromatic heterocycles. The maximum atomic E-state index is 14.5. The van der Waals surface area contributed by atoms with Crippen LogP contribution in [0.1, 0.15) is 36.4 Å². The molecule has 130 valence electrons. The summed E-state index contributed by atoms with van der Waals surface area (Å²) >= 11 is 0. The van der Waals surface area contributed by atoms with Crippen molar-refractivity contribution in [2.24, 2.45) is 4.99 Å². The molecule has 6 heteroatoms. The van der Waals surface area contributed by atoms with Gasteiger partial charge in [-0.05, 0) is 51.0 Å².